The lowest BCUT2D eigenvalue weighted by molar-refractivity contribution is 0.182. The lowest BCUT2D eigenvalue weighted by atomic mass is 9.96. The maximum atomic E-state index is 5.16. The number of rotatable bonds is 7. The van der Waals surface area contributed by atoms with Crippen molar-refractivity contribution in [2.45, 2.75) is 72.0 Å². The summed E-state index contributed by atoms with van der Waals surface area (Å²) in [6, 6.07) is 0.558. The molecule has 0 saturated heterocycles. The molecule has 0 amide bonds. The fourth-order valence-corrected chi connectivity index (χ4v) is 3.28. The first-order valence-electron chi connectivity index (χ1n) is 9.22. The van der Waals surface area contributed by atoms with Gasteiger partial charge in [0.2, 0.25) is 0 Å². The Morgan fingerprint density at radius 2 is 2.04 bits per heavy atom. The van der Waals surface area contributed by atoms with E-state index in [1.165, 1.54) is 43.4 Å². The van der Waals surface area contributed by atoms with Crippen LogP contribution in [-0.4, -0.2) is 42.0 Å². The Morgan fingerprint density at radius 1 is 1.29 bits per heavy atom. The molecule has 1 aromatic heterocycles. The molecule has 1 heterocycles. The van der Waals surface area contributed by atoms with Gasteiger partial charge in [0.25, 0.3) is 0 Å². The first-order chi connectivity index (χ1) is 11.7. The molecule has 24 heavy (non-hydrogen) atoms. The molecule has 1 aromatic rings. The summed E-state index contributed by atoms with van der Waals surface area (Å²) in [5, 5.41) is 11.6. The van der Waals surface area contributed by atoms with E-state index < -0.39 is 0 Å². The van der Waals surface area contributed by atoms with Gasteiger partial charge < -0.3 is 15.4 Å². The van der Waals surface area contributed by atoms with Crippen LogP contribution in [0.2, 0.25) is 0 Å². The van der Waals surface area contributed by atoms with Gasteiger partial charge in [-0.3, -0.25) is 4.68 Å². The first kappa shape index (κ1) is 18.8. The van der Waals surface area contributed by atoms with Crippen LogP contribution in [0.3, 0.4) is 0 Å². The fraction of sp³-hybridized carbons (Fsp3) is 0.778. The zero-order valence-electron chi connectivity index (χ0n) is 15.7. The zero-order valence-corrected chi connectivity index (χ0v) is 15.7. The summed E-state index contributed by atoms with van der Waals surface area (Å²) in [6.45, 7) is 9.28. The molecule has 1 aliphatic rings. The second-order valence-electron chi connectivity index (χ2n) is 6.54. The highest BCUT2D eigenvalue weighted by molar-refractivity contribution is 5.80. The molecule has 2 rings (SSSR count). The van der Waals surface area contributed by atoms with Crippen LogP contribution in [0.15, 0.2) is 4.99 Å². The largest absolute Gasteiger partial charge is 0.383 e. The maximum Gasteiger partial charge on any atom is 0.191 e. The van der Waals surface area contributed by atoms with E-state index in [0.29, 0.717) is 19.2 Å². The third kappa shape index (κ3) is 5.23. The van der Waals surface area contributed by atoms with Crippen LogP contribution in [0.5, 0.6) is 0 Å². The topological polar surface area (TPSA) is 63.5 Å². The van der Waals surface area contributed by atoms with Crippen molar-refractivity contribution in [1.82, 2.24) is 20.4 Å². The second-order valence-corrected chi connectivity index (χ2v) is 6.54. The van der Waals surface area contributed by atoms with Crippen molar-refractivity contribution < 1.29 is 4.74 Å². The van der Waals surface area contributed by atoms with Crippen molar-refractivity contribution >= 4 is 5.96 Å². The van der Waals surface area contributed by atoms with Crippen LogP contribution in [0.4, 0.5) is 0 Å². The molecule has 0 radical (unpaired) electrons. The second kappa shape index (κ2) is 9.67. The normalized spacial score (nSPS) is 16.4. The molecular weight excluding hydrogens is 302 g/mol. The predicted molar refractivity (Wildman–Crippen MR) is 98.4 cm³/mol. The number of hydrogen-bond donors (Lipinski definition) is 2. The summed E-state index contributed by atoms with van der Waals surface area (Å²) < 4.78 is 7.18. The standard InChI is InChI=1S/C18H33N5O/c1-5-19-18(21-16-9-7-6-8-10-16)20-13-17-14(2)22-23(15(17)3)11-12-24-4/h16H,5-13H2,1-4H3,(H2,19,20,21). The van der Waals surface area contributed by atoms with Gasteiger partial charge in [0.15, 0.2) is 5.96 Å². The highest BCUT2D eigenvalue weighted by atomic mass is 16.5. The Hall–Kier alpha value is -1.56. The summed E-state index contributed by atoms with van der Waals surface area (Å²) in [7, 11) is 1.72. The minimum atomic E-state index is 0.558. The molecule has 1 fully saturated rings. The Labute approximate surface area is 146 Å². The SMILES string of the molecule is CCNC(=NCc1c(C)nn(CCOC)c1C)NC1CCCCC1. The maximum absolute atomic E-state index is 5.16. The summed E-state index contributed by atoms with van der Waals surface area (Å²) in [6.07, 6.45) is 6.50. The molecule has 6 heteroatoms. The van der Waals surface area contributed by atoms with E-state index in [-0.39, 0.29) is 0 Å². The van der Waals surface area contributed by atoms with E-state index in [0.717, 1.165) is 24.7 Å². The molecule has 0 aromatic carbocycles. The number of methoxy groups -OCH3 is 1. The van der Waals surface area contributed by atoms with Gasteiger partial charge >= 0.3 is 0 Å². The van der Waals surface area contributed by atoms with Gasteiger partial charge in [0.05, 0.1) is 25.4 Å². The summed E-state index contributed by atoms with van der Waals surface area (Å²) in [5.41, 5.74) is 3.45. The first-order valence-corrected chi connectivity index (χ1v) is 9.22. The molecule has 0 unspecified atom stereocenters. The molecule has 136 valence electrons. The van der Waals surface area contributed by atoms with E-state index in [2.05, 4.69) is 36.5 Å². The number of ether oxygens (including phenoxy) is 1. The molecule has 6 nitrogen and oxygen atoms in total. The van der Waals surface area contributed by atoms with E-state index in [4.69, 9.17) is 9.73 Å². The molecule has 0 bridgehead atoms. The third-order valence-electron chi connectivity index (χ3n) is 4.72. The van der Waals surface area contributed by atoms with Gasteiger partial charge in [-0.25, -0.2) is 4.99 Å². The van der Waals surface area contributed by atoms with Crippen LogP contribution < -0.4 is 10.6 Å². The Kier molecular flexibility index (Phi) is 7.56. The average Bonchev–Trinajstić information content (AvgIpc) is 2.85. The van der Waals surface area contributed by atoms with Crippen molar-refractivity contribution in [3.63, 3.8) is 0 Å². The van der Waals surface area contributed by atoms with Crippen molar-refractivity contribution in [3.8, 4) is 0 Å². The molecule has 1 saturated carbocycles. The van der Waals surface area contributed by atoms with Crippen LogP contribution in [0, 0.1) is 13.8 Å². The van der Waals surface area contributed by atoms with E-state index in [9.17, 15) is 0 Å². The molecule has 2 N–H and O–H groups in total. The van der Waals surface area contributed by atoms with Gasteiger partial charge in [-0.15, -0.1) is 0 Å². The molecule has 1 aliphatic carbocycles. The lowest BCUT2D eigenvalue weighted by Gasteiger charge is -2.24. The smallest absolute Gasteiger partial charge is 0.191 e. The molecule has 0 aliphatic heterocycles. The Balaban J connectivity index is 2.03. The molecule has 0 atom stereocenters. The van der Waals surface area contributed by atoms with Crippen molar-refractivity contribution in [2.24, 2.45) is 4.99 Å². The van der Waals surface area contributed by atoms with Crippen molar-refractivity contribution in [1.29, 1.82) is 0 Å². The average molecular weight is 335 g/mol. The van der Waals surface area contributed by atoms with Crippen LogP contribution in [0.1, 0.15) is 56.0 Å². The fourth-order valence-electron chi connectivity index (χ4n) is 3.28. The van der Waals surface area contributed by atoms with E-state index in [1.54, 1.807) is 7.11 Å². The predicted octanol–water partition coefficient (Wildman–Crippen LogP) is 2.53. The number of guanidine groups is 1. The third-order valence-corrected chi connectivity index (χ3v) is 4.72. The monoisotopic (exact) mass is 335 g/mol. The van der Waals surface area contributed by atoms with Gasteiger partial charge in [-0.1, -0.05) is 19.3 Å². The quantitative estimate of drug-likeness (QED) is 0.594. The van der Waals surface area contributed by atoms with Crippen LogP contribution >= 0.6 is 0 Å². The Morgan fingerprint density at radius 3 is 2.71 bits per heavy atom. The van der Waals surface area contributed by atoms with Gasteiger partial charge in [-0.2, -0.15) is 5.10 Å². The van der Waals surface area contributed by atoms with Gasteiger partial charge in [0.1, 0.15) is 0 Å². The molecule has 0 spiro atoms. The zero-order chi connectivity index (χ0) is 17.4. The minimum Gasteiger partial charge on any atom is -0.383 e. The van der Waals surface area contributed by atoms with Gasteiger partial charge in [0, 0.05) is 31.0 Å². The minimum absolute atomic E-state index is 0.558. The highest BCUT2D eigenvalue weighted by Crippen LogP contribution is 2.18. The van der Waals surface area contributed by atoms with E-state index in [1.807, 2.05) is 4.68 Å². The molecular formula is C18H33N5O. The number of hydrogen-bond acceptors (Lipinski definition) is 3. The Bertz CT molecular complexity index is 532. The van der Waals surface area contributed by atoms with Crippen LogP contribution in [0.25, 0.3) is 0 Å². The number of nitrogens with one attached hydrogen (secondary N) is 2. The van der Waals surface area contributed by atoms with Gasteiger partial charge in [-0.05, 0) is 33.6 Å². The van der Waals surface area contributed by atoms with Crippen molar-refractivity contribution in [2.75, 3.05) is 20.3 Å². The summed E-state index contributed by atoms with van der Waals surface area (Å²) >= 11 is 0. The number of aromatic nitrogens is 2. The van der Waals surface area contributed by atoms with E-state index >= 15 is 0 Å². The van der Waals surface area contributed by atoms with Crippen LogP contribution in [-0.2, 0) is 17.8 Å². The summed E-state index contributed by atoms with van der Waals surface area (Å²) in [5.74, 6) is 0.924. The number of nitrogens with zero attached hydrogens (tertiary/aromatic N) is 3. The summed E-state index contributed by atoms with van der Waals surface area (Å²) in [4.78, 5) is 4.80. The number of aliphatic imine (C=N–C) groups is 1. The lowest BCUT2D eigenvalue weighted by Crippen LogP contribution is -2.44. The number of aryl methyl sites for hydroxylation is 1. The highest BCUT2D eigenvalue weighted by Gasteiger charge is 2.15. The van der Waals surface area contributed by atoms with Crippen molar-refractivity contribution in [3.05, 3.63) is 17.0 Å².